The molecule has 2 aromatic heterocycles. The van der Waals surface area contributed by atoms with Gasteiger partial charge < -0.3 is 20.3 Å². The number of benzene rings is 1. The Morgan fingerprint density at radius 3 is 2.82 bits per heavy atom. The van der Waals surface area contributed by atoms with Gasteiger partial charge in [0.15, 0.2) is 11.6 Å². The number of aliphatic imine (C=N–C) groups is 1. The number of aromatic nitrogens is 4. The van der Waals surface area contributed by atoms with Crippen molar-refractivity contribution in [1.82, 2.24) is 24.9 Å². The zero-order chi connectivity index (χ0) is 27.9. The van der Waals surface area contributed by atoms with Gasteiger partial charge in [0, 0.05) is 29.9 Å². The van der Waals surface area contributed by atoms with E-state index in [1.807, 2.05) is 30.7 Å². The third kappa shape index (κ3) is 6.35. The lowest BCUT2D eigenvalue weighted by atomic mass is 9.92. The van der Waals surface area contributed by atoms with Crippen LogP contribution in [-0.4, -0.2) is 61.9 Å². The average Bonchev–Trinajstić information content (AvgIpc) is 3.53. The second kappa shape index (κ2) is 12.7. The number of nitrogens with one attached hydrogen (secondary N) is 1. The molecule has 39 heavy (non-hydrogen) atoms. The number of rotatable bonds is 11. The Bertz CT molecular complexity index is 1370. The van der Waals surface area contributed by atoms with E-state index < -0.39 is 11.9 Å². The smallest absolute Gasteiger partial charge is 0.182 e. The minimum absolute atomic E-state index is 0.0290. The molecule has 206 valence electrons. The summed E-state index contributed by atoms with van der Waals surface area (Å²) in [7, 11) is 0. The fourth-order valence-electron chi connectivity index (χ4n) is 4.85. The summed E-state index contributed by atoms with van der Waals surface area (Å²) in [5.74, 6) is 0.121. The zero-order valence-corrected chi connectivity index (χ0v) is 22.2. The van der Waals surface area contributed by atoms with Crippen molar-refractivity contribution in [2.24, 2.45) is 4.99 Å². The van der Waals surface area contributed by atoms with E-state index >= 15 is 0 Å². The maximum absolute atomic E-state index is 14.5. The molecule has 1 aliphatic carbocycles. The van der Waals surface area contributed by atoms with Gasteiger partial charge in [-0.3, -0.25) is 9.36 Å². The molecule has 0 spiro atoms. The van der Waals surface area contributed by atoms with E-state index in [1.54, 1.807) is 29.2 Å². The number of hydrogen-bond donors (Lipinski definition) is 3. The molecule has 0 amide bonds. The predicted octanol–water partition coefficient (Wildman–Crippen LogP) is 3.59. The van der Waals surface area contributed by atoms with Crippen LogP contribution in [0.4, 0.5) is 4.39 Å². The lowest BCUT2D eigenvalue weighted by Crippen LogP contribution is -2.27. The van der Waals surface area contributed by atoms with Crippen LogP contribution in [0.25, 0.3) is 17.3 Å². The zero-order valence-electron chi connectivity index (χ0n) is 22.2. The lowest BCUT2D eigenvalue weighted by Gasteiger charge is -2.30. The monoisotopic (exact) mass is 535 g/mol. The van der Waals surface area contributed by atoms with Crippen LogP contribution in [0.2, 0.25) is 0 Å². The first-order chi connectivity index (χ1) is 18.9. The number of ether oxygens (including phenoxy) is 1. The molecule has 0 unspecified atom stereocenters. The maximum Gasteiger partial charge on any atom is 0.182 e. The Morgan fingerprint density at radius 2 is 2.15 bits per heavy atom. The third-order valence-electron chi connectivity index (χ3n) is 6.88. The van der Waals surface area contributed by atoms with Crippen LogP contribution in [0, 0.1) is 24.1 Å². The molecule has 1 fully saturated rings. The van der Waals surface area contributed by atoms with Crippen LogP contribution in [0.1, 0.15) is 55.5 Å². The first-order valence-corrected chi connectivity index (χ1v) is 13.1. The minimum Gasteiger partial charge on any atom is -0.487 e. The van der Waals surface area contributed by atoms with Gasteiger partial charge >= 0.3 is 0 Å². The Labute approximate surface area is 227 Å². The number of nitriles is 1. The summed E-state index contributed by atoms with van der Waals surface area (Å²) in [5, 5.41) is 40.6. The van der Waals surface area contributed by atoms with E-state index in [9.17, 15) is 9.50 Å². The van der Waals surface area contributed by atoms with Gasteiger partial charge in [0.05, 0.1) is 54.5 Å². The quantitative estimate of drug-likeness (QED) is 0.320. The van der Waals surface area contributed by atoms with Gasteiger partial charge in [-0.2, -0.15) is 15.5 Å². The topological polar surface area (TPSA) is 134 Å². The summed E-state index contributed by atoms with van der Waals surface area (Å²) >= 11 is 0. The molecule has 11 heteroatoms. The van der Waals surface area contributed by atoms with Crippen molar-refractivity contribution in [3.8, 4) is 23.1 Å². The number of halogens is 1. The first kappa shape index (κ1) is 28.0. The molecule has 0 radical (unpaired) electrons. The number of aliphatic hydroxyl groups excluding tert-OH is 2. The highest BCUT2D eigenvalue weighted by Crippen LogP contribution is 2.36. The van der Waals surface area contributed by atoms with Crippen LogP contribution >= 0.6 is 0 Å². The van der Waals surface area contributed by atoms with Crippen LogP contribution < -0.4 is 10.1 Å². The Balaban J connectivity index is 1.59. The van der Waals surface area contributed by atoms with Crippen molar-refractivity contribution in [3.05, 3.63) is 59.1 Å². The largest absolute Gasteiger partial charge is 0.487 e. The van der Waals surface area contributed by atoms with E-state index in [0.717, 1.165) is 35.4 Å². The second-order valence-corrected chi connectivity index (χ2v) is 9.59. The van der Waals surface area contributed by atoms with Crippen molar-refractivity contribution >= 4 is 12.8 Å². The Kier molecular flexibility index (Phi) is 9.11. The highest BCUT2D eigenvalue weighted by Gasteiger charge is 2.28. The van der Waals surface area contributed by atoms with Gasteiger partial charge in [-0.25, -0.2) is 9.38 Å². The fourth-order valence-corrected chi connectivity index (χ4v) is 4.85. The third-order valence-corrected chi connectivity index (χ3v) is 6.88. The minimum atomic E-state index is -0.899. The molecule has 0 saturated heterocycles. The molecular weight excluding hydrogens is 501 g/mol. The van der Waals surface area contributed by atoms with Gasteiger partial charge in [-0.15, -0.1) is 0 Å². The molecule has 3 aromatic rings. The Hall–Kier alpha value is -4.01. The molecule has 1 saturated carbocycles. The lowest BCUT2D eigenvalue weighted by molar-refractivity contribution is 0.0783. The van der Waals surface area contributed by atoms with Gasteiger partial charge in [0.25, 0.3) is 0 Å². The summed E-state index contributed by atoms with van der Waals surface area (Å²) in [6.07, 6.45) is 7.32. The molecule has 0 aliphatic heterocycles. The molecule has 1 aliphatic rings. The van der Waals surface area contributed by atoms with E-state index in [2.05, 4.69) is 22.1 Å². The van der Waals surface area contributed by atoms with Crippen molar-refractivity contribution in [2.45, 2.75) is 64.3 Å². The van der Waals surface area contributed by atoms with Crippen LogP contribution in [-0.2, 0) is 6.54 Å². The number of aliphatic hydroxyl groups is 2. The molecule has 2 heterocycles. The van der Waals surface area contributed by atoms with Gasteiger partial charge in [-0.05, 0) is 58.4 Å². The molecule has 4 rings (SSSR count). The molecule has 10 nitrogen and oxygen atoms in total. The maximum atomic E-state index is 14.5. The van der Waals surface area contributed by atoms with E-state index in [-0.39, 0.29) is 36.6 Å². The SMILES string of the molecule is C=N/C(=C\c1c(C)c(-c2cnn(C[C@H](O)CO)c2)nn1[C@H]1CC[C@@H](Oc2cccc(C#N)c2F)CC1)NCC. The molecule has 1 atom stereocenters. The van der Waals surface area contributed by atoms with Crippen LogP contribution in [0.5, 0.6) is 5.75 Å². The van der Waals surface area contributed by atoms with Crippen LogP contribution in [0.3, 0.4) is 0 Å². The van der Waals surface area contributed by atoms with Crippen LogP contribution in [0.15, 0.2) is 41.4 Å². The first-order valence-electron chi connectivity index (χ1n) is 13.1. The number of hydrogen-bond acceptors (Lipinski definition) is 8. The Morgan fingerprint density at radius 1 is 1.38 bits per heavy atom. The fraction of sp³-hybridized carbons (Fsp3) is 0.429. The highest BCUT2D eigenvalue weighted by molar-refractivity contribution is 5.68. The molecular formula is C28H34FN7O3. The van der Waals surface area contributed by atoms with E-state index in [0.29, 0.717) is 25.2 Å². The number of nitrogens with zero attached hydrogens (tertiary/aromatic N) is 6. The van der Waals surface area contributed by atoms with Gasteiger partial charge in [0.2, 0.25) is 0 Å². The van der Waals surface area contributed by atoms with Gasteiger partial charge in [0.1, 0.15) is 11.9 Å². The van der Waals surface area contributed by atoms with Gasteiger partial charge in [-0.1, -0.05) is 6.07 Å². The molecule has 1 aromatic carbocycles. The highest BCUT2D eigenvalue weighted by atomic mass is 19.1. The normalized spacial score (nSPS) is 18.4. The molecule has 0 bridgehead atoms. The summed E-state index contributed by atoms with van der Waals surface area (Å²) in [4.78, 5) is 4.12. The van der Waals surface area contributed by atoms with E-state index in [4.69, 9.17) is 20.2 Å². The van der Waals surface area contributed by atoms with Crippen molar-refractivity contribution in [1.29, 1.82) is 5.26 Å². The second-order valence-electron chi connectivity index (χ2n) is 9.59. The molecule has 3 N–H and O–H groups in total. The summed E-state index contributed by atoms with van der Waals surface area (Å²) in [6.45, 7) is 8.19. The summed E-state index contributed by atoms with van der Waals surface area (Å²) in [6, 6.07) is 6.55. The average molecular weight is 536 g/mol. The summed E-state index contributed by atoms with van der Waals surface area (Å²) in [5.41, 5.74) is 3.38. The summed E-state index contributed by atoms with van der Waals surface area (Å²) < 4.78 is 24.1. The van der Waals surface area contributed by atoms with Crippen molar-refractivity contribution in [2.75, 3.05) is 13.2 Å². The standard InChI is InChI=1S/C28H34FN7O3/c1-4-32-26(31-3)12-24-18(2)28(20-14-33-35(15-20)16-22(38)17-37)34-36(24)21-8-10-23(11-9-21)39-25-7-5-6-19(13-30)27(25)29/h5-7,12,14-15,21-23,32,37-38H,3-4,8-11,16-17H2,1-2H3/b26-12+/t21-,22-,23+/m0/s1. The predicted molar refractivity (Wildman–Crippen MR) is 146 cm³/mol. The van der Waals surface area contributed by atoms with Crippen molar-refractivity contribution in [3.63, 3.8) is 0 Å². The van der Waals surface area contributed by atoms with Crippen molar-refractivity contribution < 1.29 is 19.3 Å². The van der Waals surface area contributed by atoms with E-state index in [1.165, 1.54) is 6.07 Å².